The van der Waals surface area contributed by atoms with Gasteiger partial charge in [-0.05, 0) is 43.4 Å². The molecule has 0 bridgehead atoms. The van der Waals surface area contributed by atoms with Crippen LogP contribution in [0.5, 0.6) is 5.75 Å². The lowest BCUT2D eigenvalue weighted by molar-refractivity contribution is -0.122. The molecule has 1 aromatic carbocycles. The first-order chi connectivity index (χ1) is 13.5. The van der Waals surface area contributed by atoms with Crippen molar-refractivity contribution >= 4 is 17.8 Å². The smallest absolute Gasteiger partial charge is 0.255 e. The van der Waals surface area contributed by atoms with E-state index < -0.39 is 5.91 Å². The van der Waals surface area contributed by atoms with Crippen LogP contribution in [0.2, 0.25) is 0 Å². The van der Waals surface area contributed by atoms with Gasteiger partial charge in [0.25, 0.3) is 5.91 Å². The van der Waals surface area contributed by atoms with Gasteiger partial charge in [0.1, 0.15) is 5.75 Å². The molecule has 0 atom stereocenters. The normalized spacial score (nSPS) is 15.2. The van der Waals surface area contributed by atoms with Gasteiger partial charge in [-0.25, -0.2) is 4.99 Å². The molecular formula is C20H31N5O3. The van der Waals surface area contributed by atoms with Gasteiger partial charge in [0.2, 0.25) is 5.91 Å². The highest BCUT2D eigenvalue weighted by Crippen LogP contribution is 2.21. The van der Waals surface area contributed by atoms with E-state index in [9.17, 15) is 9.59 Å². The largest absolute Gasteiger partial charge is 0.484 e. The molecule has 1 aliphatic heterocycles. The van der Waals surface area contributed by atoms with Gasteiger partial charge in [-0.15, -0.1) is 0 Å². The summed E-state index contributed by atoms with van der Waals surface area (Å²) in [5.41, 5.74) is 6.11. The van der Waals surface area contributed by atoms with Crippen LogP contribution in [0.1, 0.15) is 31.7 Å². The maximum absolute atomic E-state index is 11.6. The van der Waals surface area contributed by atoms with Crippen LogP contribution in [0.3, 0.4) is 0 Å². The van der Waals surface area contributed by atoms with Crippen molar-refractivity contribution in [3.63, 3.8) is 0 Å². The number of ether oxygens (including phenoxy) is 1. The van der Waals surface area contributed by atoms with Crippen molar-refractivity contribution in [3.8, 4) is 5.75 Å². The van der Waals surface area contributed by atoms with Crippen LogP contribution in [0.15, 0.2) is 29.3 Å². The summed E-state index contributed by atoms with van der Waals surface area (Å²) in [6.07, 6.45) is 2.55. The van der Waals surface area contributed by atoms with Gasteiger partial charge in [0.15, 0.2) is 12.6 Å². The summed E-state index contributed by atoms with van der Waals surface area (Å²) in [6, 6.07) is 7.50. The van der Waals surface area contributed by atoms with E-state index in [0.717, 1.165) is 44.0 Å². The predicted molar refractivity (Wildman–Crippen MR) is 109 cm³/mol. The number of nitrogens with zero attached hydrogens (tertiary/aromatic N) is 2. The molecule has 0 aromatic heterocycles. The number of carbonyl (C=O) groups is 2. The lowest BCUT2D eigenvalue weighted by Crippen LogP contribution is -2.46. The molecule has 0 unspecified atom stereocenters. The average molecular weight is 390 g/mol. The van der Waals surface area contributed by atoms with E-state index in [4.69, 9.17) is 15.5 Å². The van der Waals surface area contributed by atoms with Crippen molar-refractivity contribution < 1.29 is 14.3 Å². The number of amides is 2. The Labute approximate surface area is 166 Å². The summed E-state index contributed by atoms with van der Waals surface area (Å²) in [5, 5.41) is 6.05. The minimum Gasteiger partial charge on any atom is -0.484 e. The van der Waals surface area contributed by atoms with Crippen molar-refractivity contribution in [1.82, 2.24) is 15.5 Å². The molecule has 0 saturated carbocycles. The first kappa shape index (κ1) is 21.5. The highest BCUT2D eigenvalue weighted by Gasteiger charge is 2.23. The van der Waals surface area contributed by atoms with Crippen molar-refractivity contribution in [2.24, 2.45) is 16.6 Å². The first-order valence-corrected chi connectivity index (χ1v) is 9.75. The Kier molecular flexibility index (Phi) is 8.58. The summed E-state index contributed by atoms with van der Waals surface area (Å²) >= 11 is 0. The van der Waals surface area contributed by atoms with E-state index in [2.05, 4.69) is 15.5 Å². The van der Waals surface area contributed by atoms with Crippen molar-refractivity contribution in [1.29, 1.82) is 0 Å². The van der Waals surface area contributed by atoms with Gasteiger partial charge in [-0.3, -0.25) is 9.59 Å². The van der Waals surface area contributed by atoms with Crippen LogP contribution in [-0.4, -0.2) is 56.0 Å². The molecule has 2 rings (SSSR count). The maximum atomic E-state index is 11.6. The molecule has 8 heteroatoms. The molecule has 154 valence electrons. The fourth-order valence-electron chi connectivity index (χ4n) is 3.19. The SMILES string of the molecule is CCNC(=NCc1cccc(OCC(N)=O)c1)N1CCC(CC(=O)NC)CC1. The van der Waals surface area contributed by atoms with Crippen LogP contribution in [0.4, 0.5) is 0 Å². The number of rotatable bonds is 8. The highest BCUT2D eigenvalue weighted by atomic mass is 16.5. The number of piperidine rings is 1. The van der Waals surface area contributed by atoms with Gasteiger partial charge >= 0.3 is 0 Å². The average Bonchev–Trinajstić information content (AvgIpc) is 2.70. The molecule has 1 saturated heterocycles. The summed E-state index contributed by atoms with van der Waals surface area (Å²) in [4.78, 5) is 29.4. The number of nitrogens with two attached hydrogens (primary N) is 1. The number of aliphatic imine (C=N–C) groups is 1. The zero-order valence-electron chi connectivity index (χ0n) is 16.7. The lowest BCUT2D eigenvalue weighted by Gasteiger charge is -2.34. The Balaban J connectivity index is 1.94. The molecule has 2 amide bonds. The Hall–Kier alpha value is -2.77. The Morgan fingerprint density at radius 2 is 2.07 bits per heavy atom. The van der Waals surface area contributed by atoms with Gasteiger partial charge < -0.3 is 26.0 Å². The monoisotopic (exact) mass is 389 g/mol. The topological polar surface area (TPSA) is 109 Å². The third-order valence-corrected chi connectivity index (χ3v) is 4.69. The van der Waals surface area contributed by atoms with E-state index in [1.165, 1.54) is 0 Å². The van der Waals surface area contributed by atoms with Crippen LogP contribution in [-0.2, 0) is 16.1 Å². The Morgan fingerprint density at radius 3 is 2.71 bits per heavy atom. The van der Waals surface area contributed by atoms with Crippen LogP contribution in [0, 0.1) is 5.92 Å². The minimum atomic E-state index is -0.502. The van der Waals surface area contributed by atoms with E-state index >= 15 is 0 Å². The summed E-state index contributed by atoms with van der Waals surface area (Å²) in [5.74, 6) is 1.52. The minimum absolute atomic E-state index is 0.109. The summed E-state index contributed by atoms with van der Waals surface area (Å²) < 4.78 is 5.35. The number of guanidine groups is 1. The number of primary amides is 1. The zero-order valence-corrected chi connectivity index (χ0v) is 16.7. The molecule has 1 fully saturated rings. The van der Waals surface area contributed by atoms with E-state index in [1.54, 1.807) is 13.1 Å². The van der Waals surface area contributed by atoms with Gasteiger partial charge in [-0.1, -0.05) is 12.1 Å². The Bertz CT molecular complexity index is 684. The second-order valence-corrected chi connectivity index (χ2v) is 6.88. The predicted octanol–water partition coefficient (Wildman–Crippen LogP) is 0.864. The lowest BCUT2D eigenvalue weighted by atomic mass is 9.93. The summed E-state index contributed by atoms with van der Waals surface area (Å²) in [7, 11) is 1.68. The summed E-state index contributed by atoms with van der Waals surface area (Å²) in [6.45, 7) is 4.98. The quantitative estimate of drug-likeness (QED) is 0.451. The number of carbonyl (C=O) groups excluding carboxylic acids is 2. The highest BCUT2D eigenvalue weighted by molar-refractivity contribution is 5.80. The zero-order chi connectivity index (χ0) is 20.4. The maximum Gasteiger partial charge on any atom is 0.255 e. The third kappa shape index (κ3) is 7.09. The first-order valence-electron chi connectivity index (χ1n) is 9.75. The number of hydrogen-bond donors (Lipinski definition) is 3. The molecule has 8 nitrogen and oxygen atoms in total. The molecule has 1 aromatic rings. The van der Waals surface area contributed by atoms with E-state index in [1.807, 2.05) is 25.1 Å². The number of likely N-dealkylation sites (tertiary alicyclic amines) is 1. The molecule has 28 heavy (non-hydrogen) atoms. The number of benzene rings is 1. The fourth-order valence-corrected chi connectivity index (χ4v) is 3.19. The van der Waals surface area contributed by atoms with Crippen LogP contribution < -0.4 is 21.1 Å². The van der Waals surface area contributed by atoms with Crippen molar-refractivity contribution in [3.05, 3.63) is 29.8 Å². The van der Waals surface area contributed by atoms with Gasteiger partial charge in [-0.2, -0.15) is 0 Å². The van der Waals surface area contributed by atoms with E-state index in [0.29, 0.717) is 24.6 Å². The third-order valence-electron chi connectivity index (χ3n) is 4.69. The second kappa shape index (κ2) is 11.2. The molecule has 4 N–H and O–H groups in total. The number of hydrogen-bond acceptors (Lipinski definition) is 4. The molecule has 0 aliphatic carbocycles. The molecule has 0 radical (unpaired) electrons. The molecular weight excluding hydrogens is 358 g/mol. The second-order valence-electron chi connectivity index (χ2n) is 6.88. The Morgan fingerprint density at radius 1 is 1.32 bits per heavy atom. The molecule has 1 heterocycles. The van der Waals surface area contributed by atoms with Crippen molar-refractivity contribution in [2.75, 3.05) is 33.3 Å². The van der Waals surface area contributed by atoms with Gasteiger partial charge in [0.05, 0.1) is 6.54 Å². The standard InChI is InChI=1S/C20H31N5O3/c1-3-23-20(25-9-7-15(8-10-25)12-19(27)22-2)24-13-16-5-4-6-17(11-16)28-14-18(21)26/h4-6,11,15H,3,7-10,12-14H2,1-2H3,(H2,21,26)(H,22,27)(H,23,24). The molecule has 0 spiro atoms. The van der Waals surface area contributed by atoms with Crippen molar-refractivity contribution in [2.45, 2.75) is 32.7 Å². The number of nitrogens with one attached hydrogen (secondary N) is 2. The molecule has 1 aliphatic rings. The van der Waals surface area contributed by atoms with E-state index in [-0.39, 0.29) is 12.5 Å². The van der Waals surface area contributed by atoms with Crippen LogP contribution in [0.25, 0.3) is 0 Å². The fraction of sp³-hybridized carbons (Fsp3) is 0.550. The van der Waals surface area contributed by atoms with Crippen LogP contribution >= 0.6 is 0 Å². The van der Waals surface area contributed by atoms with Gasteiger partial charge in [0, 0.05) is 33.1 Å².